The monoisotopic (exact) mass is 405 g/mol. The summed E-state index contributed by atoms with van der Waals surface area (Å²) in [6.45, 7) is 4.66. The summed E-state index contributed by atoms with van der Waals surface area (Å²) in [4.78, 5) is 8.92. The summed E-state index contributed by atoms with van der Waals surface area (Å²) in [5.74, 6) is -1.53. The zero-order valence-electron chi connectivity index (χ0n) is 14.1. The largest absolute Gasteiger partial charge is 0.363 e. The maximum absolute atomic E-state index is 13.6. The topological polar surface area (TPSA) is 37.8 Å². The van der Waals surface area contributed by atoms with Crippen molar-refractivity contribution >= 4 is 32.7 Å². The van der Waals surface area contributed by atoms with Gasteiger partial charge < -0.3 is 5.32 Å². The Morgan fingerprint density at radius 1 is 1.12 bits per heavy atom. The molecule has 0 bridgehead atoms. The number of hydrogen-bond donors (Lipinski definition) is 1. The molecular formula is C19H18BrF2N3. The smallest absolute Gasteiger partial charge is 0.270 e. The average Bonchev–Trinajstić information content (AvgIpc) is 2.55. The van der Waals surface area contributed by atoms with Gasteiger partial charge in [-0.2, -0.15) is 0 Å². The summed E-state index contributed by atoms with van der Waals surface area (Å²) in [5.41, 5.74) is 1.61. The molecule has 25 heavy (non-hydrogen) atoms. The number of hydrogen-bond acceptors (Lipinski definition) is 3. The van der Waals surface area contributed by atoms with Gasteiger partial charge in [0.05, 0.1) is 5.52 Å². The van der Waals surface area contributed by atoms with Gasteiger partial charge in [0.1, 0.15) is 11.6 Å². The number of nitrogens with one attached hydrogen (secondary N) is 1. The van der Waals surface area contributed by atoms with Crippen molar-refractivity contribution in [3.8, 4) is 0 Å². The summed E-state index contributed by atoms with van der Waals surface area (Å²) in [5, 5.41) is 4.21. The van der Waals surface area contributed by atoms with Crippen molar-refractivity contribution in [3.05, 3.63) is 63.9 Å². The summed E-state index contributed by atoms with van der Waals surface area (Å²) >= 11 is 3.46. The molecule has 2 aromatic carbocycles. The highest BCUT2D eigenvalue weighted by atomic mass is 79.9. The molecular weight excluding hydrogens is 388 g/mol. The predicted molar refractivity (Wildman–Crippen MR) is 100 cm³/mol. The van der Waals surface area contributed by atoms with Crippen LogP contribution in [0.5, 0.6) is 0 Å². The van der Waals surface area contributed by atoms with Crippen LogP contribution in [0.1, 0.15) is 36.8 Å². The molecule has 0 fully saturated rings. The van der Waals surface area contributed by atoms with Crippen molar-refractivity contribution in [1.29, 1.82) is 0 Å². The number of anilines is 1. The molecule has 0 spiro atoms. The van der Waals surface area contributed by atoms with Crippen molar-refractivity contribution < 1.29 is 8.78 Å². The van der Waals surface area contributed by atoms with E-state index in [1.807, 2.05) is 38.1 Å². The standard InChI is InChI=1S/C19H18BrF2N3/c1-11(13-5-4-6-14(9-13)19(3,21)22)23-18-16-10-15(20)7-8-17(16)24-12(2)25-18/h4-11H,1-3H3,(H,23,24,25). The number of nitrogens with zero attached hydrogens (tertiary/aromatic N) is 2. The van der Waals surface area contributed by atoms with Crippen LogP contribution in [-0.2, 0) is 5.92 Å². The van der Waals surface area contributed by atoms with Gasteiger partial charge in [-0.1, -0.05) is 34.1 Å². The Kier molecular flexibility index (Phi) is 4.73. The van der Waals surface area contributed by atoms with Gasteiger partial charge in [0.15, 0.2) is 0 Å². The van der Waals surface area contributed by atoms with Gasteiger partial charge in [0, 0.05) is 28.4 Å². The average molecular weight is 406 g/mol. The summed E-state index contributed by atoms with van der Waals surface area (Å²) in [6.07, 6.45) is 0. The summed E-state index contributed by atoms with van der Waals surface area (Å²) in [7, 11) is 0. The number of benzene rings is 2. The van der Waals surface area contributed by atoms with E-state index in [2.05, 4.69) is 31.2 Å². The molecule has 1 aromatic heterocycles. The van der Waals surface area contributed by atoms with Crippen molar-refractivity contribution in [3.63, 3.8) is 0 Å². The van der Waals surface area contributed by atoms with Crippen LogP contribution in [0.2, 0.25) is 0 Å². The van der Waals surface area contributed by atoms with E-state index in [0.717, 1.165) is 27.9 Å². The minimum atomic E-state index is -2.86. The SMILES string of the molecule is Cc1nc(NC(C)c2cccc(C(C)(F)F)c2)c2cc(Br)ccc2n1. The quantitative estimate of drug-likeness (QED) is 0.579. The van der Waals surface area contributed by atoms with Gasteiger partial charge in [0.2, 0.25) is 0 Å². The van der Waals surface area contributed by atoms with Crippen LogP contribution < -0.4 is 5.32 Å². The third-order valence-corrected chi connectivity index (χ3v) is 4.51. The zero-order valence-corrected chi connectivity index (χ0v) is 15.7. The second-order valence-corrected chi connectivity index (χ2v) is 7.08. The minimum Gasteiger partial charge on any atom is -0.363 e. The second kappa shape index (κ2) is 6.67. The fraction of sp³-hybridized carbons (Fsp3) is 0.263. The molecule has 0 saturated heterocycles. The third kappa shape index (κ3) is 3.95. The Labute approximate surface area is 153 Å². The first-order valence-electron chi connectivity index (χ1n) is 7.93. The minimum absolute atomic E-state index is 0.00474. The summed E-state index contributed by atoms with van der Waals surface area (Å²) < 4.78 is 28.1. The number of aromatic nitrogens is 2. The van der Waals surface area contributed by atoms with E-state index in [-0.39, 0.29) is 11.6 Å². The van der Waals surface area contributed by atoms with Crippen LogP contribution >= 0.6 is 15.9 Å². The molecule has 0 radical (unpaired) electrons. The Bertz CT molecular complexity index is 922. The van der Waals surface area contributed by atoms with E-state index >= 15 is 0 Å². The van der Waals surface area contributed by atoms with E-state index < -0.39 is 5.92 Å². The van der Waals surface area contributed by atoms with Gasteiger partial charge in [0.25, 0.3) is 5.92 Å². The molecule has 0 amide bonds. The van der Waals surface area contributed by atoms with Crippen molar-refractivity contribution in [2.45, 2.75) is 32.7 Å². The number of alkyl halides is 2. The third-order valence-electron chi connectivity index (χ3n) is 4.02. The molecule has 1 atom stereocenters. The second-order valence-electron chi connectivity index (χ2n) is 6.16. The Morgan fingerprint density at radius 2 is 1.88 bits per heavy atom. The lowest BCUT2D eigenvalue weighted by Gasteiger charge is -2.19. The van der Waals surface area contributed by atoms with Crippen LogP contribution in [0, 0.1) is 6.92 Å². The van der Waals surface area contributed by atoms with Crippen LogP contribution in [0.3, 0.4) is 0 Å². The number of halogens is 3. The fourth-order valence-corrected chi connectivity index (χ4v) is 3.06. The van der Waals surface area contributed by atoms with Crippen LogP contribution in [0.4, 0.5) is 14.6 Å². The Morgan fingerprint density at radius 3 is 2.60 bits per heavy atom. The predicted octanol–water partition coefficient (Wildman–Crippen LogP) is 5.99. The molecule has 3 aromatic rings. The highest BCUT2D eigenvalue weighted by molar-refractivity contribution is 9.10. The first-order chi connectivity index (χ1) is 11.7. The molecule has 3 nitrogen and oxygen atoms in total. The number of aryl methyl sites for hydroxylation is 1. The first kappa shape index (κ1) is 17.7. The van der Waals surface area contributed by atoms with Gasteiger partial charge in [-0.15, -0.1) is 0 Å². The molecule has 1 heterocycles. The Balaban J connectivity index is 1.97. The number of fused-ring (bicyclic) bond motifs is 1. The van der Waals surface area contributed by atoms with E-state index in [1.54, 1.807) is 6.07 Å². The van der Waals surface area contributed by atoms with Gasteiger partial charge in [-0.05, 0) is 43.7 Å². The van der Waals surface area contributed by atoms with Crippen LogP contribution in [0.25, 0.3) is 10.9 Å². The van der Waals surface area contributed by atoms with Crippen molar-refractivity contribution in [2.75, 3.05) is 5.32 Å². The van der Waals surface area contributed by atoms with Gasteiger partial charge in [-0.25, -0.2) is 18.7 Å². The number of rotatable bonds is 4. The molecule has 0 saturated carbocycles. The molecule has 0 aliphatic rings. The van der Waals surface area contributed by atoms with Gasteiger partial charge in [-0.3, -0.25) is 0 Å². The van der Waals surface area contributed by atoms with E-state index in [1.165, 1.54) is 12.1 Å². The van der Waals surface area contributed by atoms with E-state index in [9.17, 15) is 8.78 Å². The highest BCUT2D eigenvalue weighted by Gasteiger charge is 2.24. The fourth-order valence-electron chi connectivity index (χ4n) is 2.70. The van der Waals surface area contributed by atoms with Crippen molar-refractivity contribution in [1.82, 2.24) is 9.97 Å². The molecule has 0 aliphatic heterocycles. The highest BCUT2D eigenvalue weighted by Crippen LogP contribution is 2.31. The maximum atomic E-state index is 13.6. The molecule has 1 unspecified atom stereocenters. The van der Waals surface area contributed by atoms with Crippen molar-refractivity contribution in [2.24, 2.45) is 0 Å². The normalized spacial score (nSPS) is 13.0. The lowest BCUT2D eigenvalue weighted by atomic mass is 10.0. The lowest BCUT2D eigenvalue weighted by molar-refractivity contribution is 0.0174. The zero-order chi connectivity index (χ0) is 18.2. The van der Waals surface area contributed by atoms with E-state index in [0.29, 0.717) is 11.6 Å². The summed E-state index contributed by atoms with van der Waals surface area (Å²) in [6, 6.07) is 12.1. The molecule has 6 heteroatoms. The first-order valence-corrected chi connectivity index (χ1v) is 8.72. The molecule has 3 rings (SSSR count). The van der Waals surface area contributed by atoms with Gasteiger partial charge >= 0.3 is 0 Å². The van der Waals surface area contributed by atoms with E-state index in [4.69, 9.17) is 0 Å². The molecule has 130 valence electrons. The Hall–Kier alpha value is -2.08. The molecule has 0 aliphatic carbocycles. The van der Waals surface area contributed by atoms with Crippen LogP contribution in [0.15, 0.2) is 46.9 Å². The molecule has 1 N–H and O–H groups in total. The maximum Gasteiger partial charge on any atom is 0.270 e. The van der Waals surface area contributed by atoms with Crippen LogP contribution in [-0.4, -0.2) is 9.97 Å². The lowest BCUT2D eigenvalue weighted by Crippen LogP contribution is -2.12.